The van der Waals surface area contributed by atoms with Crippen LogP contribution in [0.4, 0.5) is 10.1 Å². The van der Waals surface area contributed by atoms with Crippen molar-refractivity contribution >= 4 is 16.6 Å². The van der Waals surface area contributed by atoms with Crippen LogP contribution in [-0.2, 0) is 4.74 Å². The van der Waals surface area contributed by atoms with Gasteiger partial charge in [-0.15, -0.1) is 0 Å². The Morgan fingerprint density at radius 3 is 2.50 bits per heavy atom. The lowest BCUT2D eigenvalue weighted by atomic mass is 10.1. The van der Waals surface area contributed by atoms with E-state index >= 15 is 0 Å². The summed E-state index contributed by atoms with van der Waals surface area (Å²) in [5.74, 6) is 0.120. The van der Waals surface area contributed by atoms with E-state index in [0.29, 0.717) is 17.3 Å². The molecule has 5 rings (SSSR count). The first-order valence-electron chi connectivity index (χ1n) is 9.86. The smallest absolute Gasteiger partial charge is 0.224 e. The number of rotatable bonds is 4. The molecule has 0 radical (unpaired) electrons. The van der Waals surface area contributed by atoms with Crippen molar-refractivity contribution in [2.45, 2.75) is 0 Å². The van der Waals surface area contributed by atoms with E-state index in [1.54, 1.807) is 36.2 Å². The van der Waals surface area contributed by atoms with Gasteiger partial charge in [-0.25, -0.2) is 14.1 Å². The predicted molar refractivity (Wildman–Crippen MR) is 114 cm³/mol. The van der Waals surface area contributed by atoms with Crippen LogP contribution in [0.5, 0.6) is 5.88 Å². The number of anilines is 1. The lowest BCUT2D eigenvalue weighted by Crippen LogP contribution is -2.36. The van der Waals surface area contributed by atoms with Gasteiger partial charge in [0.1, 0.15) is 17.2 Å². The van der Waals surface area contributed by atoms with Crippen LogP contribution in [-0.4, -0.2) is 48.2 Å². The molecule has 6 nitrogen and oxygen atoms in total. The molecule has 0 saturated carbocycles. The summed E-state index contributed by atoms with van der Waals surface area (Å²) >= 11 is 0. The Morgan fingerprint density at radius 1 is 1.00 bits per heavy atom. The lowest BCUT2D eigenvalue weighted by Gasteiger charge is -2.28. The fraction of sp³-hybridized carbons (Fsp3) is 0.217. The normalized spacial score (nSPS) is 14.3. The number of pyridine rings is 1. The molecule has 0 aliphatic carbocycles. The lowest BCUT2D eigenvalue weighted by molar-refractivity contribution is 0.122. The number of fused-ring (bicyclic) bond motifs is 1. The SMILES string of the molecule is COc1nccc2c1c(-c1ccc(N3CCOCC3)cc1)nn2-c1ccccc1F. The molecule has 4 aromatic rings. The average molecular weight is 404 g/mol. The van der Waals surface area contributed by atoms with Gasteiger partial charge >= 0.3 is 0 Å². The fourth-order valence-electron chi connectivity index (χ4n) is 3.85. The van der Waals surface area contributed by atoms with E-state index in [2.05, 4.69) is 22.0 Å². The van der Waals surface area contributed by atoms with Gasteiger partial charge in [0.25, 0.3) is 0 Å². The maximum absolute atomic E-state index is 14.5. The molecule has 7 heteroatoms. The molecule has 0 atom stereocenters. The highest BCUT2D eigenvalue weighted by Gasteiger charge is 2.20. The molecule has 30 heavy (non-hydrogen) atoms. The summed E-state index contributed by atoms with van der Waals surface area (Å²) in [6.07, 6.45) is 1.64. The van der Waals surface area contributed by atoms with Crippen LogP contribution in [0, 0.1) is 5.82 Å². The summed E-state index contributed by atoms with van der Waals surface area (Å²) in [7, 11) is 1.58. The largest absolute Gasteiger partial charge is 0.480 e. The molecule has 1 aliphatic rings. The highest BCUT2D eigenvalue weighted by Crippen LogP contribution is 2.36. The van der Waals surface area contributed by atoms with Crippen molar-refractivity contribution in [3.63, 3.8) is 0 Å². The highest BCUT2D eigenvalue weighted by atomic mass is 19.1. The maximum atomic E-state index is 14.5. The van der Waals surface area contributed by atoms with Crippen molar-refractivity contribution < 1.29 is 13.9 Å². The molecule has 0 unspecified atom stereocenters. The monoisotopic (exact) mass is 404 g/mol. The number of ether oxygens (including phenoxy) is 2. The van der Waals surface area contributed by atoms with Crippen molar-refractivity contribution in [1.29, 1.82) is 0 Å². The van der Waals surface area contributed by atoms with Crippen molar-refractivity contribution in [3.8, 4) is 22.8 Å². The Balaban J connectivity index is 1.65. The third-order valence-electron chi connectivity index (χ3n) is 5.35. The van der Waals surface area contributed by atoms with Gasteiger partial charge in [0.2, 0.25) is 5.88 Å². The molecule has 0 bridgehead atoms. The minimum atomic E-state index is -0.341. The second kappa shape index (κ2) is 7.76. The van der Waals surface area contributed by atoms with Gasteiger partial charge in [-0.3, -0.25) is 0 Å². The van der Waals surface area contributed by atoms with Crippen LogP contribution in [0.1, 0.15) is 0 Å². The Bertz CT molecular complexity index is 1180. The van der Waals surface area contributed by atoms with Crippen molar-refractivity contribution in [2.75, 3.05) is 38.3 Å². The van der Waals surface area contributed by atoms with Crippen LogP contribution in [0.15, 0.2) is 60.8 Å². The number of hydrogen-bond donors (Lipinski definition) is 0. The number of aromatic nitrogens is 3. The van der Waals surface area contributed by atoms with E-state index in [1.165, 1.54) is 6.07 Å². The van der Waals surface area contributed by atoms with Gasteiger partial charge in [-0.1, -0.05) is 24.3 Å². The van der Waals surface area contributed by atoms with Crippen molar-refractivity contribution in [2.24, 2.45) is 0 Å². The first-order valence-corrected chi connectivity index (χ1v) is 9.86. The summed E-state index contributed by atoms with van der Waals surface area (Å²) in [4.78, 5) is 6.64. The van der Waals surface area contributed by atoms with E-state index in [-0.39, 0.29) is 5.82 Å². The van der Waals surface area contributed by atoms with Gasteiger partial charge in [-0.05, 0) is 30.3 Å². The molecule has 0 spiro atoms. The zero-order valence-electron chi connectivity index (χ0n) is 16.6. The Kier molecular flexibility index (Phi) is 4.80. The minimum Gasteiger partial charge on any atom is -0.480 e. The summed E-state index contributed by atoms with van der Waals surface area (Å²) < 4.78 is 27.1. The minimum absolute atomic E-state index is 0.341. The van der Waals surface area contributed by atoms with E-state index in [4.69, 9.17) is 14.6 Å². The molecule has 152 valence electrons. The second-order valence-corrected chi connectivity index (χ2v) is 7.07. The van der Waals surface area contributed by atoms with E-state index in [1.807, 2.05) is 18.2 Å². The fourth-order valence-corrected chi connectivity index (χ4v) is 3.85. The molecular weight excluding hydrogens is 383 g/mol. The topological polar surface area (TPSA) is 52.4 Å². The molecule has 1 saturated heterocycles. The third-order valence-corrected chi connectivity index (χ3v) is 5.35. The molecule has 1 aliphatic heterocycles. The zero-order chi connectivity index (χ0) is 20.5. The summed E-state index contributed by atoms with van der Waals surface area (Å²) in [5.41, 5.74) is 3.88. The molecular formula is C23H21FN4O2. The summed E-state index contributed by atoms with van der Waals surface area (Å²) in [6, 6.07) is 16.6. The van der Waals surface area contributed by atoms with Crippen molar-refractivity contribution in [1.82, 2.24) is 14.8 Å². The van der Waals surface area contributed by atoms with Crippen LogP contribution in [0.2, 0.25) is 0 Å². The number of para-hydroxylation sites is 1. The van der Waals surface area contributed by atoms with Crippen LogP contribution < -0.4 is 9.64 Å². The van der Waals surface area contributed by atoms with Crippen LogP contribution >= 0.6 is 0 Å². The highest BCUT2D eigenvalue weighted by molar-refractivity contribution is 5.98. The van der Waals surface area contributed by atoms with Gasteiger partial charge in [-0.2, -0.15) is 5.10 Å². The maximum Gasteiger partial charge on any atom is 0.224 e. The average Bonchev–Trinajstić information content (AvgIpc) is 3.20. The Labute approximate surface area is 173 Å². The van der Waals surface area contributed by atoms with E-state index in [0.717, 1.165) is 48.5 Å². The molecule has 1 fully saturated rings. The summed E-state index contributed by atoms with van der Waals surface area (Å²) in [5, 5.41) is 5.52. The molecule has 0 N–H and O–H groups in total. The third kappa shape index (κ3) is 3.17. The molecule has 3 heterocycles. The number of morpholine rings is 1. The second-order valence-electron chi connectivity index (χ2n) is 7.07. The molecule has 2 aromatic carbocycles. The van der Waals surface area contributed by atoms with Crippen molar-refractivity contribution in [3.05, 3.63) is 66.6 Å². The van der Waals surface area contributed by atoms with Crippen LogP contribution in [0.25, 0.3) is 27.8 Å². The quantitative estimate of drug-likeness (QED) is 0.513. The van der Waals surface area contributed by atoms with Gasteiger partial charge in [0.15, 0.2) is 0 Å². The van der Waals surface area contributed by atoms with Gasteiger partial charge < -0.3 is 14.4 Å². The number of methoxy groups -OCH3 is 1. The Hall–Kier alpha value is -3.45. The first kappa shape index (κ1) is 18.6. The number of hydrogen-bond acceptors (Lipinski definition) is 5. The first-order chi connectivity index (χ1) is 14.8. The summed E-state index contributed by atoms with van der Waals surface area (Å²) in [6.45, 7) is 3.23. The molecule has 2 aromatic heterocycles. The Morgan fingerprint density at radius 2 is 1.77 bits per heavy atom. The molecule has 0 amide bonds. The van der Waals surface area contributed by atoms with Crippen LogP contribution in [0.3, 0.4) is 0 Å². The van der Waals surface area contributed by atoms with Gasteiger partial charge in [0, 0.05) is 30.5 Å². The zero-order valence-corrected chi connectivity index (χ0v) is 16.6. The van der Waals surface area contributed by atoms with E-state index < -0.39 is 0 Å². The predicted octanol–water partition coefficient (Wildman–Crippen LogP) is 4.07. The standard InChI is InChI=1S/C23H21FN4O2/c1-29-23-21-20(10-11-25-23)28(19-5-3-2-4-18(19)24)26-22(21)16-6-8-17(9-7-16)27-12-14-30-15-13-27/h2-11H,12-15H2,1H3. The van der Waals surface area contributed by atoms with Gasteiger partial charge in [0.05, 0.1) is 31.2 Å². The van der Waals surface area contributed by atoms with E-state index in [9.17, 15) is 4.39 Å². The number of benzene rings is 2. The number of halogens is 1. The number of nitrogens with zero attached hydrogens (tertiary/aromatic N) is 4.